The van der Waals surface area contributed by atoms with Crippen LogP contribution in [0.3, 0.4) is 0 Å². The molecule has 1 aliphatic carbocycles. The lowest BCUT2D eigenvalue weighted by Crippen LogP contribution is -1.99. The van der Waals surface area contributed by atoms with Crippen molar-refractivity contribution in [2.45, 2.75) is 6.92 Å². The zero-order valence-corrected chi connectivity index (χ0v) is 13.2. The van der Waals surface area contributed by atoms with Gasteiger partial charge in [0.1, 0.15) is 5.76 Å². The molecular formula is C20H11NO4. The molecule has 0 unspecified atom stereocenters. The maximum Gasteiger partial charge on any atom is 0.266 e. The number of nitrogens with zero attached hydrogens (tertiary/aromatic N) is 1. The lowest BCUT2D eigenvalue weighted by Gasteiger charge is -2.00. The summed E-state index contributed by atoms with van der Waals surface area (Å²) in [7, 11) is 0. The molecule has 0 aliphatic heterocycles. The molecule has 25 heavy (non-hydrogen) atoms. The number of aryl methyl sites for hydroxylation is 1. The predicted octanol–water partition coefficient (Wildman–Crippen LogP) is 4.35. The third-order valence-electron chi connectivity index (χ3n) is 4.37. The van der Waals surface area contributed by atoms with Crippen LogP contribution in [-0.2, 0) is 0 Å². The van der Waals surface area contributed by atoms with Crippen molar-refractivity contribution in [1.29, 1.82) is 0 Å². The van der Waals surface area contributed by atoms with Gasteiger partial charge < -0.3 is 8.83 Å². The lowest BCUT2D eigenvalue weighted by atomic mass is 10.0. The number of carbonyl (C=O) groups is 2. The third kappa shape index (κ3) is 1.99. The molecule has 0 amide bonds. The Kier molecular flexibility index (Phi) is 2.65. The second kappa shape index (κ2) is 4.77. The number of ketones is 2. The first-order valence-corrected chi connectivity index (χ1v) is 7.81. The van der Waals surface area contributed by atoms with Gasteiger partial charge in [0.2, 0.25) is 0 Å². The van der Waals surface area contributed by atoms with E-state index >= 15 is 0 Å². The smallest absolute Gasteiger partial charge is 0.266 e. The topological polar surface area (TPSA) is 73.3 Å². The summed E-state index contributed by atoms with van der Waals surface area (Å²) in [6.07, 6.45) is 1.46. The second-order valence-corrected chi connectivity index (χ2v) is 6.01. The number of allylic oxidation sites excluding steroid dienone is 1. The second-order valence-electron chi connectivity index (χ2n) is 6.01. The number of benzene rings is 2. The van der Waals surface area contributed by atoms with E-state index in [1.165, 1.54) is 6.08 Å². The lowest BCUT2D eigenvalue weighted by molar-refractivity contribution is 0.0990. The van der Waals surface area contributed by atoms with Crippen LogP contribution in [0.25, 0.3) is 28.1 Å². The number of Topliss-reactive ketones (excluding diaryl/α,β-unsaturated/α-hetero) is 2. The highest BCUT2D eigenvalue weighted by molar-refractivity contribution is 6.42. The summed E-state index contributed by atoms with van der Waals surface area (Å²) in [5.41, 5.74) is 1.80. The zero-order chi connectivity index (χ0) is 17.1. The molecule has 5 nitrogen and oxygen atoms in total. The van der Waals surface area contributed by atoms with Crippen LogP contribution >= 0.6 is 0 Å². The Labute approximate surface area is 141 Å². The van der Waals surface area contributed by atoms with Gasteiger partial charge in [-0.1, -0.05) is 24.3 Å². The Morgan fingerprint density at radius 1 is 0.920 bits per heavy atom. The first-order chi connectivity index (χ1) is 12.1. The van der Waals surface area contributed by atoms with Crippen LogP contribution in [0.4, 0.5) is 0 Å². The van der Waals surface area contributed by atoms with Gasteiger partial charge in [0.15, 0.2) is 23.0 Å². The monoisotopic (exact) mass is 329 g/mol. The minimum Gasteiger partial charge on any atom is -0.437 e. The molecule has 0 fully saturated rings. The molecule has 2 aromatic heterocycles. The van der Waals surface area contributed by atoms with Gasteiger partial charge >= 0.3 is 0 Å². The highest BCUT2D eigenvalue weighted by atomic mass is 16.4. The van der Waals surface area contributed by atoms with Crippen molar-refractivity contribution >= 4 is 39.7 Å². The van der Waals surface area contributed by atoms with Gasteiger partial charge in [-0.05, 0) is 29.0 Å². The number of oxazole rings is 1. The normalized spacial score (nSPS) is 13.9. The quantitative estimate of drug-likeness (QED) is 0.383. The molecule has 0 atom stereocenters. The highest BCUT2D eigenvalue weighted by Gasteiger charge is 2.33. The number of aromatic nitrogens is 1. The highest BCUT2D eigenvalue weighted by Crippen LogP contribution is 2.32. The Morgan fingerprint density at radius 2 is 1.56 bits per heavy atom. The van der Waals surface area contributed by atoms with E-state index in [4.69, 9.17) is 8.83 Å². The van der Waals surface area contributed by atoms with Crippen LogP contribution in [0.1, 0.15) is 32.4 Å². The maximum atomic E-state index is 12.7. The fourth-order valence-electron chi connectivity index (χ4n) is 3.21. The van der Waals surface area contributed by atoms with E-state index in [-0.39, 0.29) is 17.1 Å². The largest absolute Gasteiger partial charge is 0.437 e. The fraction of sp³-hybridized carbons (Fsp3) is 0.0500. The Bertz CT molecular complexity index is 1150. The molecular weight excluding hydrogens is 318 g/mol. The number of hydrogen-bond donors (Lipinski definition) is 0. The molecule has 0 saturated heterocycles. The van der Waals surface area contributed by atoms with E-state index in [0.29, 0.717) is 34.1 Å². The van der Waals surface area contributed by atoms with Crippen LogP contribution in [-0.4, -0.2) is 16.6 Å². The zero-order valence-electron chi connectivity index (χ0n) is 13.2. The van der Waals surface area contributed by atoms with Crippen molar-refractivity contribution in [3.05, 3.63) is 70.8 Å². The van der Waals surface area contributed by atoms with Crippen LogP contribution in [0.15, 0.2) is 56.9 Å². The Morgan fingerprint density at radius 3 is 2.16 bits per heavy atom. The first kappa shape index (κ1) is 13.9. The van der Waals surface area contributed by atoms with Crippen LogP contribution in [0.5, 0.6) is 0 Å². The van der Waals surface area contributed by atoms with Gasteiger partial charge in [0, 0.05) is 24.1 Å². The van der Waals surface area contributed by atoms with Crippen LogP contribution in [0.2, 0.25) is 0 Å². The van der Waals surface area contributed by atoms with E-state index in [2.05, 4.69) is 4.98 Å². The maximum absolute atomic E-state index is 12.7. The summed E-state index contributed by atoms with van der Waals surface area (Å²) >= 11 is 0. The van der Waals surface area contributed by atoms with Crippen LogP contribution < -0.4 is 0 Å². The summed E-state index contributed by atoms with van der Waals surface area (Å²) in [6, 6.07) is 12.8. The molecule has 5 rings (SSSR count). The van der Waals surface area contributed by atoms with Gasteiger partial charge in [-0.15, -0.1) is 0 Å². The van der Waals surface area contributed by atoms with Crippen molar-refractivity contribution in [2.75, 3.05) is 0 Å². The summed E-state index contributed by atoms with van der Waals surface area (Å²) in [4.78, 5) is 29.5. The number of rotatable bonds is 1. The van der Waals surface area contributed by atoms with Crippen molar-refractivity contribution in [2.24, 2.45) is 0 Å². The van der Waals surface area contributed by atoms with E-state index < -0.39 is 0 Å². The minimum atomic E-state index is -0.289. The molecule has 0 N–H and O–H groups in total. The first-order valence-electron chi connectivity index (χ1n) is 7.81. The molecule has 0 saturated carbocycles. The van der Waals surface area contributed by atoms with Crippen LogP contribution in [0, 0.1) is 6.92 Å². The summed E-state index contributed by atoms with van der Waals surface area (Å²) in [5, 5.41) is 1.86. The van der Waals surface area contributed by atoms with Crippen molar-refractivity contribution in [3.63, 3.8) is 0 Å². The van der Waals surface area contributed by atoms with Gasteiger partial charge in [-0.25, -0.2) is 0 Å². The third-order valence-corrected chi connectivity index (χ3v) is 4.37. The Hall–Kier alpha value is -3.47. The van der Waals surface area contributed by atoms with Crippen molar-refractivity contribution in [1.82, 2.24) is 4.98 Å². The van der Waals surface area contributed by atoms with Crippen molar-refractivity contribution in [3.8, 4) is 0 Å². The van der Waals surface area contributed by atoms with Gasteiger partial charge in [0.25, 0.3) is 5.71 Å². The van der Waals surface area contributed by atoms with E-state index in [9.17, 15) is 9.59 Å². The molecule has 2 aromatic carbocycles. The molecule has 0 radical (unpaired) electrons. The summed E-state index contributed by atoms with van der Waals surface area (Å²) in [5.74, 6) is 0.293. The minimum absolute atomic E-state index is 0.0958. The van der Waals surface area contributed by atoms with Crippen molar-refractivity contribution < 1.29 is 18.4 Å². The number of fused-ring (bicyclic) bond motifs is 3. The number of carbonyl (C=O) groups excluding carboxylic acids is 2. The predicted molar refractivity (Wildman–Crippen MR) is 91.6 cm³/mol. The SMILES string of the molecule is Cc1nc2oc(C=C3C(=O)c4cc5ccccc5cc4C3=O)cc2o1. The molecule has 5 heteroatoms. The number of furan rings is 1. The molecule has 2 heterocycles. The standard InChI is InChI=1S/C20H11NO4/c1-10-21-20-17(24-10)9-13(25-20)8-16-18(22)14-6-11-4-2-3-5-12(11)7-15(14)19(16)23/h2-9H,1H3. The molecule has 0 spiro atoms. The van der Waals surface area contributed by atoms with Gasteiger partial charge in [-0.3, -0.25) is 9.59 Å². The summed E-state index contributed by atoms with van der Waals surface area (Å²) < 4.78 is 10.9. The van der Waals surface area contributed by atoms with E-state index in [1.807, 2.05) is 24.3 Å². The van der Waals surface area contributed by atoms with E-state index in [1.54, 1.807) is 25.1 Å². The Balaban J connectivity index is 1.64. The average Bonchev–Trinajstić information content (AvgIpc) is 3.20. The van der Waals surface area contributed by atoms with Gasteiger partial charge in [0.05, 0.1) is 5.57 Å². The summed E-state index contributed by atoms with van der Waals surface area (Å²) in [6.45, 7) is 1.72. The molecule has 120 valence electrons. The number of hydrogen-bond acceptors (Lipinski definition) is 5. The van der Waals surface area contributed by atoms with E-state index in [0.717, 1.165) is 10.8 Å². The average molecular weight is 329 g/mol. The molecule has 1 aliphatic rings. The van der Waals surface area contributed by atoms with Gasteiger partial charge in [-0.2, -0.15) is 4.98 Å². The molecule has 0 bridgehead atoms. The molecule has 4 aromatic rings. The fourth-order valence-corrected chi connectivity index (χ4v) is 3.21.